The Balaban J connectivity index is 1.61. The molecule has 0 saturated carbocycles. The van der Waals surface area contributed by atoms with Gasteiger partial charge in [0.05, 0.1) is 0 Å². The number of amides is 2. The molecule has 1 aliphatic heterocycles. The van der Waals surface area contributed by atoms with Gasteiger partial charge in [0, 0.05) is 30.8 Å². The van der Waals surface area contributed by atoms with Gasteiger partial charge in [0.25, 0.3) is 5.91 Å². The number of likely N-dealkylation sites (tertiary alicyclic amines) is 1. The Bertz CT molecular complexity index is 892. The summed E-state index contributed by atoms with van der Waals surface area (Å²) in [5.41, 5.74) is 2.89. The zero-order valence-electron chi connectivity index (χ0n) is 15.6. The predicted molar refractivity (Wildman–Crippen MR) is 103 cm³/mol. The van der Waals surface area contributed by atoms with Gasteiger partial charge < -0.3 is 20.1 Å². The number of anilines is 1. The molecule has 146 valence electrons. The second kappa shape index (κ2) is 8.56. The van der Waals surface area contributed by atoms with E-state index in [2.05, 4.69) is 5.32 Å². The number of carboxylic acid groups (broad SMARTS) is 1. The fourth-order valence-electron chi connectivity index (χ4n) is 3.06. The van der Waals surface area contributed by atoms with Gasteiger partial charge in [0.1, 0.15) is 5.75 Å². The van der Waals surface area contributed by atoms with Crippen molar-refractivity contribution >= 4 is 23.5 Å². The van der Waals surface area contributed by atoms with Gasteiger partial charge in [0.2, 0.25) is 5.91 Å². The number of benzene rings is 2. The van der Waals surface area contributed by atoms with Crippen LogP contribution in [0.3, 0.4) is 0 Å². The summed E-state index contributed by atoms with van der Waals surface area (Å²) >= 11 is 0. The summed E-state index contributed by atoms with van der Waals surface area (Å²) in [6.07, 6.45) is 1.51. The molecule has 1 saturated heterocycles. The van der Waals surface area contributed by atoms with E-state index in [1.54, 1.807) is 37.3 Å². The van der Waals surface area contributed by atoms with Crippen LogP contribution in [0.2, 0.25) is 0 Å². The molecule has 0 atom stereocenters. The molecule has 1 aliphatic rings. The molecule has 1 heterocycles. The van der Waals surface area contributed by atoms with Crippen LogP contribution in [-0.4, -0.2) is 40.9 Å². The Labute approximate surface area is 162 Å². The monoisotopic (exact) mass is 382 g/mol. The van der Waals surface area contributed by atoms with Crippen molar-refractivity contribution in [2.75, 3.05) is 18.5 Å². The highest BCUT2D eigenvalue weighted by Gasteiger charge is 2.20. The van der Waals surface area contributed by atoms with Crippen molar-refractivity contribution in [3.63, 3.8) is 0 Å². The molecular weight excluding hydrogens is 360 g/mol. The van der Waals surface area contributed by atoms with Crippen LogP contribution in [0.4, 0.5) is 5.69 Å². The van der Waals surface area contributed by atoms with E-state index < -0.39 is 12.6 Å². The molecule has 2 N–H and O–H groups in total. The summed E-state index contributed by atoms with van der Waals surface area (Å²) in [6.45, 7) is 2.74. The highest BCUT2D eigenvalue weighted by molar-refractivity contribution is 6.04. The maximum Gasteiger partial charge on any atom is 0.341 e. The first-order valence-corrected chi connectivity index (χ1v) is 9.05. The third kappa shape index (κ3) is 4.88. The molecule has 7 heteroatoms. The average Bonchev–Trinajstić information content (AvgIpc) is 3.07. The van der Waals surface area contributed by atoms with Crippen molar-refractivity contribution in [1.82, 2.24) is 4.90 Å². The van der Waals surface area contributed by atoms with Crippen LogP contribution >= 0.6 is 0 Å². The summed E-state index contributed by atoms with van der Waals surface area (Å²) in [5.74, 6) is -0.689. The molecule has 2 aromatic carbocycles. The van der Waals surface area contributed by atoms with Crippen molar-refractivity contribution in [2.24, 2.45) is 0 Å². The second-order valence-electron chi connectivity index (χ2n) is 6.73. The molecule has 0 bridgehead atoms. The lowest BCUT2D eigenvalue weighted by atomic mass is 10.1. The van der Waals surface area contributed by atoms with Crippen molar-refractivity contribution in [2.45, 2.75) is 26.3 Å². The molecule has 3 rings (SSSR count). The van der Waals surface area contributed by atoms with Gasteiger partial charge in [-0.2, -0.15) is 0 Å². The molecule has 28 heavy (non-hydrogen) atoms. The standard InChI is InChI=1S/C21H22N2O5/c1-14-11-17(28-13-20(25)26)8-9-18(14)22-21(27)16-6-4-15(5-7-16)12-23-10-2-3-19(23)24/h4-9,11H,2-3,10,12-13H2,1H3,(H,22,27)(H,25,26). The number of ether oxygens (including phenoxy) is 1. The van der Waals surface area contributed by atoms with Crippen LogP contribution < -0.4 is 10.1 Å². The Morgan fingerprint density at radius 2 is 1.93 bits per heavy atom. The Hall–Kier alpha value is -3.35. The molecule has 2 aromatic rings. The SMILES string of the molecule is Cc1cc(OCC(=O)O)ccc1NC(=O)c1ccc(CN2CCCC2=O)cc1. The zero-order valence-corrected chi connectivity index (χ0v) is 15.6. The van der Waals surface area contributed by atoms with Gasteiger partial charge in [-0.1, -0.05) is 12.1 Å². The van der Waals surface area contributed by atoms with Crippen LogP contribution in [0.5, 0.6) is 5.75 Å². The first-order chi connectivity index (χ1) is 13.4. The number of nitrogens with zero attached hydrogens (tertiary/aromatic N) is 1. The molecule has 0 unspecified atom stereocenters. The quantitative estimate of drug-likeness (QED) is 0.768. The number of nitrogens with one attached hydrogen (secondary N) is 1. The van der Waals surface area contributed by atoms with Crippen LogP contribution in [0, 0.1) is 6.92 Å². The van der Waals surface area contributed by atoms with Gasteiger partial charge in [-0.25, -0.2) is 4.79 Å². The van der Waals surface area contributed by atoms with E-state index in [0.717, 1.165) is 24.1 Å². The largest absolute Gasteiger partial charge is 0.482 e. The molecule has 1 fully saturated rings. The Kier molecular flexibility index (Phi) is 5.93. The normalized spacial score (nSPS) is 13.5. The Morgan fingerprint density at radius 3 is 2.54 bits per heavy atom. The number of aliphatic carboxylic acids is 1. The van der Waals surface area contributed by atoms with Crippen LogP contribution in [0.25, 0.3) is 0 Å². The smallest absolute Gasteiger partial charge is 0.341 e. The van der Waals surface area contributed by atoms with E-state index in [1.165, 1.54) is 0 Å². The lowest BCUT2D eigenvalue weighted by Gasteiger charge is -2.15. The van der Waals surface area contributed by atoms with Gasteiger partial charge >= 0.3 is 5.97 Å². The fraction of sp³-hybridized carbons (Fsp3) is 0.286. The van der Waals surface area contributed by atoms with E-state index in [0.29, 0.717) is 30.0 Å². The highest BCUT2D eigenvalue weighted by atomic mass is 16.5. The van der Waals surface area contributed by atoms with Gasteiger partial charge in [-0.05, 0) is 54.8 Å². The fourth-order valence-corrected chi connectivity index (χ4v) is 3.06. The molecule has 0 radical (unpaired) electrons. The lowest BCUT2D eigenvalue weighted by Crippen LogP contribution is -2.23. The number of carboxylic acids is 1. The summed E-state index contributed by atoms with van der Waals surface area (Å²) in [6, 6.07) is 12.2. The molecule has 0 aromatic heterocycles. The van der Waals surface area contributed by atoms with E-state index in [4.69, 9.17) is 9.84 Å². The van der Waals surface area contributed by atoms with Crippen molar-refractivity contribution in [3.8, 4) is 5.75 Å². The first-order valence-electron chi connectivity index (χ1n) is 9.05. The molecule has 7 nitrogen and oxygen atoms in total. The maximum atomic E-state index is 12.5. The zero-order chi connectivity index (χ0) is 20.1. The van der Waals surface area contributed by atoms with Gasteiger partial charge in [-0.15, -0.1) is 0 Å². The number of aryl methyl sites for hydroxylation is 1. The topological polar surface area (TPSA) is 95.9 Å². The average molecular weight is 382 g/mol. The number of carbonyl (C=O) groups is 3. The number of hydrogen-bond acceptors (Lipinski definition) is 4. The van der Waals surface area contributed by atoms with Gasteiger partial charge in [-0.3, -0.25) is 9.59 Å². The van der Waals surface area contributed by atoms with Crippen LogP contribution in [0.15, 0.2) is 42.5 Å². The summed E-state index contributed by atoms with van der Waals surface area (Å²) in [4.78, 5) is 36.6. The molecular formula is C21H22N2O5. The van der Waals surface area contributed by atoms with Crippen molar-refractivity contribution in [3.05, 3.63) is 59.2 Å². The minimum Gasteiger partial charge on any atom is -0.482 e. The number of rotatable bonds is 7. The third-order valence-electron chi connectivity index (χ3n) is 4.57. The molecule has 0 aliphatic carbocycles. The first kappa shape index (κ1) is 19.4. The van der Waals surface area contributed by atoms with E-state index in [9.17, 15) is 14.4 Å². The van der Waals surface area contributed by atoms with E-state index in [1.807, 2.05) is 17.0 Å². The lowest BCUT2D eigenvalue weighted by molar-refractivity contribution is -0.139. The van der Waals surface area contributed by atoms with Crippen molar-refractivity contribution in [1.29, 1.82) is 0 Å². The van der Waals surface area contributed by atoms with E-state index in [-0.39, 0.29) is 11.8 Å². The van der Waals surface area contributed by atoms with Crippen LogP contribution in [0.1, 0.15) is 34.3 Å². The number of hydrogen-bond donors (Lipinski definition) is 2. The summed E-state index contributed by atoms with van der Waals surface area (Å²) < 4.78 is 5.13. The van der Waals surface area contributed by atoms with Crippen molar-refractivity contribution < 1.29 is 24.2 Å². The summed E-state index contributed by atoms with van der Waals surface area (Å²) in [5, 5.41) is 11.5. The Morgan fingerprint density at radius 1 is 1.18 bits per heavy atom. The molecule has 0 spiro atoms. The maximum absolute atomic E-state index is 12.5. The summed E-state index contributed by atoms with van der Waals surface area (Å²) in [7, 11) is 0. The highest BCUT2D eigenvalue weighted by Crippen LogP contribution is 2.22. The predicted octanol–water partition coefficient (Wildman–Crippen LogP) is 2.83. The number of carbonyl (C=O) groups excluding carboxylic acids is 2. The minimum absolute atomic E-state index is 0.174. The third-order valence-corrected chi connectivity index (χ3v) is 4.57. The van der Waals surface area contributed by atoms with Gasteiger partial charge in [0.15, 0.2) is 6.61 Å². The second-order valence-corrected chi connectivity index (χ2v) is 6.73. The minimum atomic E-state index is -1.05. The van der Waals surface area contributed by atoms with E-state index >= 15 is 0 Å². The van der Waals surface area contributed by atoms with Crippen LogP contribution in [-0.2, 0) is 16.1 Å². The molecule has 2 amide bonds.